The number of hydrogen-bond acceptors (Lipinski definition) is 32. The summed E-state index contributed by atoms with van der Waals surface area (Å²) in [5.74, 6) is -9.02. The quantitative estimate of drug-likeness (QED) is 0.0153. The maximum absolute atomic E-state index is 15.2. The van der Waals surface area contributed by atoms with E-state index in [9.17, 15) is 74.4 Å². The lowest BCUT2D eigenvalue weighted by Crippen LogP contribution is -2.65. The number of nitrogens with two attached hydrogens (primary N) is 6. The third-order valence-electron chi connectivity index (χ3n) is 14.9. The van der Waals surface area contributed by atoms with Crippen LogP contribution in [0.25, 0.3) is 10.7 Å². The summed E-state index contributed by atoms with van der Waals surface area (Å²) in [5.41, 5.74) is 33.2. The molecule has 6 heterocycles. The van der Waals surface area contributed by atoms with E-state index >= 15 is 4.79 Å². The molecule has 0 aromatic carbocycles. The van der Waals surface area contributed by atoms with Crippen LogP contribution in [0, 0.1) is 18.3 Å². The molecule has 0 radical (unpaired) electrons. The van der Waals surface area contributed by atoms with Crippen LogP contribution < -0.4 is 66.3 Å². The number of amides is 8. The zero-order valence-electron chi connectivity index (χ0n) is 51.3. The molecule has 0 aliphatic carbocycles. The highest BCUT2D eigenvalue weighted by molar-refractivity contribution is 7.14. The zero-order chi connectivity index (χ0) is 70.3. The summed E-state index contributed by atoms with van der Waals surface area (Å²) in [7, 11) is 0. The number of H-pyrrole nitrogens is 1. The summed E-state index contributed by atoms with van der Waals surface area (Å²) in [6.07, 6.45) is -25.1. The van der Waals surface area contributed by atoms with Crippen LogP contribution in [0.3, 0.4) is 0 Å². The van der Waals surface area contributed by atoms with Gasteiger partial charge in [0.2, 0.25) is 29.5 Å². The number of ether oxygens (including phenoxy) is 5. The Morgan fingerprint density at radius 3 is 2.08 bits per heavy atom. The Balaban J connectivity index is 1.27. The SMILES string of the molecule is Cc1c(N)nc(C(CC(N)=O)NCC(N)C(N)=O)nc1C(=O)NC(C(=O)NC(C)C(O)C(C)C(=O)NC(C(=O)NCCc1nc(-c2nc(C(=O)NCCC(=N)N)cs2)cs1)C(C)O)C(O[C@@H]1O[C@@H](CO)[C@@H](O)[C@H](O)[C@@H]1O[C@H]1O[C@H](CO)[C@@H](O)[C@H](OC(N)=O)[C@@H]1O)c1cnc[nH]1. The Morgan fingerprint density at radius 2 is 1.46 bits per heavy atom. The summed E-state index contributed by atoms with van der Waals surface area (Å²) in [6.45, 7) is 2.71. The molecule has 19 atom stereocenters. The fraction of sp³-hybridized carbons (Fsp3) is 0.585. The Labute approximate surface area is 547 Å². The minimum absolute atomic E-state index is 0.0336. The predicted molar refractivity (Wildman–Crippen MR) is 327 cm³/mol. The van der Waals surface area contributed by atoms with Crippen molar-refractivity contribution in [2.24, 2.45) is 34.6 Å². The van der Waals surface area contributed by atoms with Crippen molar-refractivity contribution in [3.63, 3.8) is 0 Å². The lowest BCUT2D eigenvalue weighted by molar-refractivity contribution is -0.372. The summed E-state index contributed by atoms with van der Waals surface area (Å²) in [5, 5.41) is 115. The number of hydrogen-bond donors (Lipinski definition) is 22. The second-order valence-electron chi connectivity index (χ2n) is 22.1. The van der Waals surface area contributed by atoms with Gasteiger partial charge in [-0.3, -0.25) is 39.0 Å². The molecular formula is C53H79N19O21S2. The van der Waals surface area contributed by atoms with Crippen LogP contribution in [0.5, 0.6) is 0 Å². The maximum Gasteiger partial charge on any atom is 0.404 e. The van der Waals surface area contributed by atoms with E-state index in [4.69, 9.17) is 63.5 Å². The van der Waals surface area contributed by atoms with Crippen molar-refractivity contribution in [1.82, 2.24) is 61.8 Å². The molecule has 40 nitrogen and oxygen atoms in total. The third-order valence-corrected chi connectivity index (χ3v) is 16.7. The van der Waals surface area contributed by atoms with Gasteiger partial charge in [0.1, 0.15) is 94.6 Å². The molecule has 9 unspecified atom stereocenters. The molecule has 2 aliphatic heterocycles. The van der Waals surface area contributed by atoms with E-state index < -0.39 is 189 Å². The first-order valence-corrected chi connectivity index (χ1v) is 30.9. The van der Waals surface area contributed by atoms with Crippen molar-refractivity contribution in [2.45, 2.75) is 157 Å². The van der Waals surface area contributed by atoms with Gasteiger partial charge >= 0.3 is 6.09 Å². The van der Waals surface area contributed by atoms with E-state index in [-0.39, 0.29) is 66.9 Å². The normalized spacial score (nSPS) is 24.0. The summed E-state index contributed by atoms with van der Waals surface area (Å²) >= 11 is 2.41. The highest BCUT2D eigenvalue weighted by atomic mass is 32.1. The third kappa shape index (κ3) is 20.0. The van der Waals surface area contributed by atoms with E-state index in [1.807, 2.05) is 0 Å². The molecule has 6 rings (SSSR count). The Bertz CT molecular complexity index is 3310. The highest BCUT2D eigenvalue weighted by Gasteiger charge is 2.54. The van der Waals surface area contributed by atoms with Crippen molar-refractivity contribution in [3.05, 3.63) is 56.8 Å². The summed E-state index contributed by atoms with van der Waals surface area (Å²) < 4.78 is 28.7. The minimum Gasteiger partial charge on any atom is -0.441 e. The zero-order valence-corrected chi connectivity index (χ0v) is 53.0. The molecule has 42 heteroatoms. The number of imidazole rings is 1. The van der Waals surface area contributed by atoms with Crippen LogP contribution in [0.2, 0.25) is 0 Å². The number of thiazole rings is 2. The number of aromatic amines is 1. The van der Waals surface area contributed by atoms with Gasteiger partial charge in [-0.25, -0.2) is 29.7 Å². The van der Waals surface area contributed by atoms with E-state index in [0.717, 1.165) is 12.5 Å². The Morgan fingerprint density at radius 1 is 0.779 bits per heavy atom. The maximum atomic E-state index is 15.2. The number of aliphatic hydroxyl groups excluding tert-OH is 8. The average molecular weight is 1380 g/mol. The molecular weight excluding hydrogens is 1300 g/mol. The monoisotopic (exact) mass is 1380 g/mol. The summed E-state index contributed by atoms with van der Waals surface area (Å²) in [6, 6.07) is -7.89. The van der Waals surface area contributed by atoms with Gasteiger partial charge in [-0.1, -0.05) is 6.92 Å². The van der Waals surface area contributed by atoms with Crippen molar-refractivity contribution < 1.29 is 103 Å². The van der Waals surface area contributed by atoms with Gasteiger partial charge in [0.15, 0.2) is 18.7 Å². The van der Waals surface area contributed by atoms with Gasteiger partial charge in [0.25, 0.3) is 11.8 Å². The number of aliphatic hydroxyl groups is 8. The number of aromatic nitrogens is 6. The average Bonchev–Trinajstić information content (AvgIpc) is 1.31. The fourth-order valence-electron chi connectivity index (χ4n) is 9.55. The lowest BCUT2D eigenvalue weighted by atomic mass is 9.96. The molecule has 0 bridgehead atoms. The van der Waals surface area contributed by atoms with E-state index in [1.54, 1.807) is 10.8 Å². The van der Waals surface area contributed by atoms with E-state index in [0.29, 0.717) is 15.7 Å². The van der Waals surface area contributed by atoms with Gasteiger partial charge in [-0.05, 0) is 20.8 Å². The number of carbonyl (C=O) groups is 8. The predicted octanol–water partition coefficient (Wildman–Crippen LogP) is -8.65. The number of nitrogen functional groups attached to an aromatic ring is 1. The van der Waals surface area contributed by atoms with Crippen molar-refractivity contribution >= 4 is 81.8 Å². The highest BCUT2D eigenvalue weighted by Crippen LogP contribution is 2.35. The molecule has 8 amide bonds. The number of nitrogens with zero attached hydrogens (tertiary/aromatic N) is 5. The van der Waals surface area contributed by atoms with Gasteiger partial charge in [0.05, 0.1) is 78.5 Å². The number of anilines is 1. The van der Waals surface area contributed by atoms with Crippen molar-refractivity contribution in [3.8, 4) is 10.7 Å². The Hall–Kier alpha value is -8.18. The number of nitrogens with one attached hydrogen (secondary N) is 8. The van der Waals surface area contributed by atoms with E-state index in [2.05, 4.69) is 61.8 Å². The molecule has 2 aliphatic rings. The number of rotatable bonds is 34. The molecule has 524 valence electrons. The van der Waals surface area contributed by atoms with Crippen LogP contribution in [0.1, 0.15) is 88.8 Å². The largest absolute Gasteiger partial charge is 0.441 e. The van der Waals surface area contributed by atoms with Crippen LogP contribution in [0.4, 0.5) is 10.6 Å². The molecule has 4 aromatic rings. The molecule has 0 saturated carbocycles. The molecule has 2 fully saturated rings. The minimum atomic E-state index is -2.20. The lowest BCUT2D eigenvalue weighted by Gasteiger charge is -2.47. The first kappa shape index (κ1) is 75.8. The smallest absolute Gasteiger partial charge is 0.404 e. The van der Waals surface area contributed by atoms with E-state index in [1.165, 1.54) is 50.4 Å². The number of carbonyl (C=O) groups excluding carboxylic acids is 8. The summed E-state index contributed by atoms with van der Waals surface area (Å²) in [4.78, 5) is 130. The fourth-order valence-corrected chi connectivity index (χ4v) is 11.2. The standard InChI is InChI=1S/C53H79N19O21S2/c1-17-31(69-44(72-42(17)58)22(9-29(57)76)64-10-21(54)43(59)82)48(86)71-33(39(23-11-61-16-65-23)91-52-41(37(80)35(78)26(12-73)90-52)92-51-38(81)40(93-53(60)88)36(79)27(13-74)89-51)49(87)66-19(3)34(77)18(2)45(83)70-32(20(4)75)47(85)63-8-6-30-67-25(15-94-30)50-68-24(14-95-50)46(84)62-7-5-28(55)56/h11,14-16,18-22,26-27,32-41,51-52,64,73-75,77-81H,5-10,12-13,54H2,1-4H3,(H3,55,56)(H2,57,76)(H2,59,82)(H2,60,88)(H,61,65)(H,62,84)(H,63,85)(H,66,87)(H,70,83)(H,71,86)(H2,58,69,72)/t18?,19?,20?,21?,22?,26-,27+,32?,33?,34?,35+,36+,37-,38-,39?,40-,41-,51+,52-/m0/s1. The molecule has 95 heavy (non-hydrogen) atoms. The van der Waals surface area contributed by atoms with Crippen molar-refractivity contribution in [1.29, 1.82) is 5.41 Å². The number of primary amides is 3. The van der Waals surface area contributed by atoms with Crippen LogP contribution >= 0.6 is 22.7 Å². The molecule has 2 saturated heterocycles. The molecule has 0 spiro atoms. The Kier molecular flexibility index (Phi) is 27.5. The van der Waals surface area contributed by atoms with Gasteiger partial charge in [-0.2, -0.15) is 0 Å². The second kappa shape index (κ2) is 34.5. The second-order valence-corrected chi connectivity index (χ2v) is 23.9. The first-order chi connectivity index (χ1) is 44.8. The van der Waals surface area contributed by atoms with Gasteiger partial charge < -0.3 is 136 Å². The first-order valence-electron chi connectivity index (χ1n) is 29.1. The van der Waals surface area contributed by atoms with Crippen LogP contribution in [-0.2, 0) is 54.1 Å². The topological polar surface area (TPSA) is 677 Å². The van der Waals surface area contributed by atoms with Crippen molar-refractivity contribution in [2.75, 3.05) is 38.6 Å². The molecule has 4 aromatic heterocycles. The van der Waals surface area contributed by atoms with Gasteiger partial charge in [0, 0.05) is 55.2 Å². The van der Waals surface area contributed by atoms with Crippen LogP contribution in [0.15, 0.2) is 23.3 Å². The molecule has 28 N–H and O–H groups in total. The van der Waals surface area contributed by atoms with Gasteiger partial charge in [-0.15, -0.1) is 22.7 Å². The number of amidine groups is 1. The van der Waals surface area contributed by atoms with Crippen LogP contribution in [-0.4, -0.2) is 255 Å².